The van der Waals surface area contributed by atoms with Crippen LogP contribution in [0.15, 0.2) is 35.2 Å². The van der Waals surface area contributed by atoms with Gasteiger partial charge >= 0.3 is 12.1 Å². The molecule has 0 spiro atoms. The minimum absolute atomic E-state index is 0.139. The number of carbonyl (C=O) groups excluding carboxylic acids is 2. The van der Waals surface area contributed by atoms with Crippen molar-refractivity contribution >= 4 is 23.9 Å². The Balaban J connectivity index is 2.14. The van der Waals surface area contributed by atoms with Crippen LogP contribution in [0.25, 0.3) is 0 Å². The van der Waals surface area contributed by atoms with E-state index in [2.05, 4.69) is 6.92 Å². The summed E-state index contributed by atoms with van der Waals surface area (Å²) >= 11 is 1.37. The third-order valence-corrected chi connectivity index (χ3v) is 3.53. The average Bonchev–Trinajstić information content (AvgIpc) is 2.48. The summed E-state index contributed by atoms with van der Waals surface area (Å²) in [5, 5.41) is 0. The van der Waals surface area contributed by atoms with Crippen LogP contribution in [0.5, 0.6) is 0 Å². The van der Waals surface area contributed by atoms with Gasteiger partial charge in [0.1, 0.15) is 5.94 Å². The molecule has 0 saturated carbocycles. The average molecular weight is 326 g/mol. The quantitative estimate of drug-likeness (QED) is 0.291. The van der Waals surface area contributed by atoms with Gasteiger partial charge in [-0.15, -0.1) is 0 Å². The number of hydrogen-bond acceptors (Lipinski definition) is 6. The second kappa shape index (κ2) is 11.0. The van der Waals surface area contributed by atoms with Crippen LogP contribution < -0.4 is 0 Å². The fourth-order valence-corrected chi connectivity index (χ4v) is 2.26. The zero-order valence-corrected chi connectivity index (χ0v) is 13.8. The molecule has 0 aliphatic rings. The largest absolute Gasteiger partial charge is 0.512 e. The molecule has 1 aromatic rings. The third-order valence-electron chi connectivity index (χ3n) is 2.69. The van der Waals surface area contributed by atoms with E-state index in [1.807, 2.05) is 30.3 Å². The summed E-state index contributed by atoms with van der Waals surface area (Å²) in [4.78, 5) is 23.9. The molecular formula is C16H22O5S. The summed E-state index contributed by atoms with van der Waals surface area (Å²) < 4.78 is 14.7. The first-order chi connectivity index (χ1) is 10.6. The molecule has 1 atom stereocenters. The number of esters is 1. The summed E-state index contributed by atoms with van der Waals surface area (Å²) in [6.07, 6.45) is 1.33. The molecule has 122 valence electrons. The van der Waals surface area contributed by atoms with Crippen LogP contribution in [0, 0.1) is 0 Å². The number of rotatable bonds is 9. The van der Waals surface area contributed by atoms with Crippen molar-refractivity contribution in [3.63, 3.8) is 0 Å². The van der Waals surface area contributed by atoms with Gasteiger partial charge in [-0.25, -0.2) is 4.79 Å². The molecule has 1 rings (SSSR count). The van der Waals surface area contributed by atoms with Gasteiger partial charge in [0.15, 0.2) is 0 Å². The van der Waals surface area contributed by atoms with E-state index in [0.717, 1.165) is 24.2 Å². The summed E-state index contributed by atoms with van der Waals surface area (Å²) in [6, 6.07) is 9.55. The highest BCUT2D eigenvalue weighted by Gasteiger charge is 2.14. The molecule has 0 N–H and O–H groups in total. The Bertz CT molecular complexity index is 449. The van der Waals surface area contributed by atoms with Crippen LogP contribution in [0.2, 0.25) is 0 Å². The van der Waals surface area contributed by atoms with Crippen molar-refractivity contribution < 1.29 is 23.8 Å². The highest BCUT2D eigenvalue weighted by molar-refractivity contribution is 7.99. The van der Waals surface area contributed by atoms with Gasteiger partial charge < -0.3 is 14.2 Å². The van der Waals surface area contributed by atoms with Crippen LogP contribution in [0.4, 0.5) is 4.79 Å². The first-order valence-corrected chi connectivity index (χ1v) is 8.31. The molecule has 0 radical (unpaired) electrons. The fourth-order valence-electron chi connectivity index (χ4n) is 1.62. The smallest absolute Gasteiger partial charge is 0.425 e. The van der Waals surface area contributed by atoms with E-state index in [1.54, 1.807) is 0 Å². The molecule has 5 nitrogen and oxygen atoms in total. The van der Waals surface area contributed by atoms with E-state index >= 15 is 0 Å². The number of ether oxygens (including phenoxy) is 3. The molecule has 0 amide bonds. The second-order valence-electron chi connectivity index (χ2n) is 4.60. The maximum Gasteiger partial charge on any atom is 0.512 e. The minimum atomic E-state index is -0.941. The zero-order chi connectivity index (χ0) is 16.2. The van der Waals surface area contributed by atoms with Crippen molar-refractivity contribution in [3.8, 4) is 0 Å². The Kier molecular flexibility index (Phi) is 9.14. The van der Waals surface area contributed by atoms with E-state index < -0.39 is 12.4 Å². The second-order valence-corrected chi connectivity index (χ2v) is 5.60. The Hall–Kier alpha value is -1.69. The topological polar surface area (TPSA) is 61.8 Å². The van der Waals surface area contributed by atoms with Crippen molar-refractivity contribution in [2.24, 2.45) is 0 Å². The first kappa shape index (κ1) is 18.4. The normalized spacial score (nSPS) is 11.5. The van der Waals surface area contributed by atoms with Gasteiger partial charge in [-0.2, -0.15) is 0 Å². The standard InChI is InChI=1S/C16H22O5S/c1-3-4-6-11-15(17)20-13(2)21-16(18)19-12-22-14-9-7-5-8-10-14/h5,7-10,13H,3-4,6,11-12H2,1-2H3. The van der Waals surface area contributed by atoms with Crippen LogP contribution in [-0.2, 0) is 19.0 Å². The summed E-state index contributed by atoms with van der Waals surface area (Å²) in [6.45, 7) is 3.55. The molecule has 0 heterocycles. The van der Waals surface area contributed by atoms with E-state index in [1.165, 1.54) is 18.7 Å². The molecule has 1 unspecified atom stereocenters. The van der Waals surface area contributed by atoms with E-state index in [-0.39, 0.29) is 11.9 Å². The highest BCUT2D eigenvalue weighted by atomic mass is 32.2. The lowest BCUT2D eigenvalue weighted by atomic mass is 10.2. The van der Waals surface area contributed by atoms with Gasteiger partial charge in [0.2, 0.25) is 6.29 Å². The van der Waals surface area contributed by atoms with Crippen LogP contribution in [0.3, 0.4) is 0 Å². The molecule has 1 aromatic carbocycles. The lowest BCUT2D eigenvalue weighted by Gasteiger charge is -2.13. The lowest BCUT2D eigenvalue weighted by Crippen LogP contribution is -2.22. The monoisotopic (exact) mass is 326 g/mol. The van der Waals surface area contributed by atoms with Crippen LogP contribution in [-0.4, -0.2) is 24.4 Å². The van der Waals surface area contributed by atoms with Gasteiger partial charge in [0, 0.05) is 18.2 Å². The number of unbranched alkanes of at least 4 members (excludes halogenated alkanes) is 2. The molecule has 0 saturated heterocycles. The number of hydrogen-bond donors (Lipinski definition) is 0. The molecule has 0 aliphatic carbocycles. The Morgan fingerprint density at radius 2 is 1.86 bits per heavy atom. The first-order valence-electron chi connectivity index (χ1n) is 7.32. The molecule has 0 aliphatic heterocycles. The predicted molar refractivity (Wildman–Crippen MR) is 84.4 cm³/mol. The van der Waals surface area contributed by atoms with Crippen molar-refractivity contribution in [1.29, 1.82) is 0 Å². The summed E-state index contributed by atoms with van der Waals surface area (Å²) in [5.41, 5.74) is 0. The van der Waals surface area contributed by atoms with Crippen molar-refractivity contribution in [1.82, 2.24) is 0 Å². The van der Waals surface area contributed by atoms with Crippen molar-refractivity contribution in [2.75, 3.05) is 5.94 Å². The van der Waals surface area contributed by atoms with E-state index in [4.69, 9.17) is 14.2 Å². The molecule has 0 aromatic heterocycles. The molecule has 0 bridgehead atoms. The zero-order valence-electron chi connectivity index (χ0n) is 12.9. The predicted octanol–water partition coefficient (Wildman–Crippen LogP) is 4.36. The van der Waals surface area contributed by atoms with Gasteiger partial charge in [-0.3, -0.25) is 4.79 Å². The molecular weight excluding hydrogens is 304 g/mol. The van der Waals surface area contributed by atoms with E-state index in [0.29, 0.717) is 6.42 Å². The van der Waals surface area contributed by atoms with Crippen molar-refractivity contribution in [3.05, 3.63) is 30.3 Å². The minimum Gasteiger partial charge on any atom is -0.425 e. The van der Waals surface area contributed by atoms with E-state index in [9.17, 15) is 9.59 Å². The molecule has 0 fully saturated rings. The summed E-state index contributed by atoms with van der Waals surface area (Å²) in [7, 11) is 0. The van der Waals surface area contributed by atoms with Crippen LogP contribution >= 0.6 is 11.8 Å². The van der Waals surface area contributed by atoms with Gasteiger partial charge in [-0.1, -0.05) is 49.7 Å². The van der Waals surface area contributed by atoms with Gasteiger partial charge in [0.25, 0.3) is 0 Å². The maximum absolute atomic E-state index is 11.5. The Labute approximate surface area is 135 Å². The lowest BCUT2D eigenvalue weighted by molar-refractivity contribution is -0.167. The fraction of sp³-hybridized carbons (Fsp3) is 0.500. The Morgan fingerprint density at radius 3 is 2.55 bits per heavy atom. The molecule has 22 heavy (non-hydrogen) atoms. The SMILES string of the molecule is CCCCCC(=O)OC(C)OC(=O)OCSc1ccccc1. The number of benzene rings is 1. The molecule has 6 heteroatoms. The summed E-state index contributed by atoms with van der Waals surface area (Å²) in [5.74, 6) is -0.229. The number of thioether (sulfide) groups is 1. The highest BCUT2D eigenvalue weighted by Crippen LogP contribution is 2.17. The van der Waals surface area contributed by atoms with Crippen LogP contribution in [0.1, 0.15) is 39.5 Å². The Morgan fingerprint density at radius 1 is 1.14 bits per heavy atom. The maximum atomic E-state index is 11.5. The number of carbonyl (C=O) groups is 2. The van der Waals surface area contributed by atoms with Gasteiger partial charge in [0.05, 0.1) is 0 Å². The third kappa shape index (κ3) is 8.56. The van der Waals surface area contributed by atoms with Crippen molar-refractivity contribution in [2.45, 2.75) is 50.7 Å². The van der Waals surface area contributed by atoms with Gasteiger partial charge in [-0.05, 0) is 18.6 Å².